The van der Waals surface area contributed by atoms with Crippen LogP contribution in [0.4, 0.5) is 13.2 Å². The average Bonchev–Trinajstić information content (AvgIpc) is 3.77. The van der Waals surface area contributed by atoms with Crippen LogP contribution in [0.5, 0.6) is 11.5 Å². The van der Waals surface area contributed by atoms with E-state index in [4.69, 9.17) is 14.2 Å². The van der Waals surface area contributed by atoms with Gasteiger partial charge in [-0.25, -0.2) is 0 Å². The van der Waals surface area contributed by atoms with Gasteiger partial charge in [0.25, 0.3) is 0 Å². The smallest absolute Gasteiger partial charge is 0.416 e. The number of amides is 1. The van der Waals surface area contributed by atoms with Gasteiger partial charge in [-0.2, -0.15) is 13.2 Å². The zero-order chi connectivity index (χ0) is 34.9. The number of nitrogens with zero attached hydrogens (tertiary/aromatic N) is 2. The molecule has 3 aliphatic carbocycles. The van der Waals surface area contributed by atoms with Crippen LogP contribution in [0.1, 0.15) is 82.1 Å². The molecule has 2 aromatic carbocycles. The first-order valence-electron chi connectivity index (χ1n) is 17.3. The minimum absolute atomic E-state index is 0.0790. The van der Waals surface area contributed by atoms with Crippen LogP contribution in [0, 0.1) is 11.8 Å². The molecule has 7 rings (SSSR count). The van der Waals surface area contributed by atoms with Gasteiger partial charge in [-0.05, 0) is 92.3 Å². The summed E-state index contributed by atoms with van der Waals surface area (Å²) in [7, 11) is 0. The number of hydrogen-bond acceptors (Lipinski definition) is 7. The Morgan fingerprint density at radius 3 is 2.41 bits per heavy atom. The fourth-order valence-corrected chi connectivity index (χ4v) is 9.26. The third kappa shape index (κ3) is 5.71. The summed E-state index contributed by atoms with van der Waals surface area (Å²) in [5.74, 6) is 0.394. The van der Waals surface area contributed by atoms with Crippen LogP contribution in [0.15, 0.2) is 42.5 Å². The van der Waals surface area contributed by atoms with Crippen LogP contribution in [-0.4, -0.2) is 71.1 Å². The summed E-state index contributed by atoms with van der Waals surface area (Å²) in [6.45, 7) is 8.98. The highest BCUT2D eigenvalue weighted by Crippen LogP contribution is 2.67. The Kier molecular flexibility index (Phi) is 8.36. The second-order valence-corrected chi connectivity index (χ2v) is 14.9. The quantitative estimate of drug-likeness (QED) is 0.174. The highest BCUT2D eigenvalue weighted by molar-refractivity contribution is 5.92. The molecule has 5 atom stereocenters. The van der Waals surface area contributed by atoms with E-state index in [2.05, 4.69) is 4.90 Å². The molecule has 5 aliphatic rings. The summed E-state index contributed by atoms with van der Waals surface area (Å²) >= 11 is 0. The number of benzene rings is 2. The van der Waals surface area contributed by atoms with E-state index >= 15 is 0 Å². The normalized spacial score (nSPS) is 28.6. The Bertz CT molecular complexity index is 1690. The van der Waals surface area contributed by atoms with Gasteiger partial charge in [-0.1, -0.05) is 32.0 Å². The number of alkyl halides is 3. The summed E-state index contributed by atoms with van der Waals surface area (Å²) in [5.41, 5.74) is 0.00353. The minimum atomic E-state index is -4.45. The van der Waals surface area contributed by atoms with Crippen molar-refractivity contribution in [2.75, 3.05) is 19.6 Å². The fourth-order valence-electron chi connectivity index (χ4n) is 9.26. The summed E-state index contributed by atoms with van der Waals surface area (Å²) in [6.07, 6.45) is 2.62. The van der Waals surface area contributed by atoms with Crippen LogP contribution < -0.4 is 9.47 Å². The van der Waals surface area contributed by atoms with Gasteiger partial charge < -0.3 is 19.1 Å². The van der Waals surface area contributed by atoms with Crippen molar-refractivity contribution in [1.82, 2.24) is 9.80 Å². The lowest BCUT2D eigenvalue weighted by molar-refractivity contribution is -0.224. The van der Waals surface area contributed by atoms with E-state index in [1.807, 2.05) is 24.8 Å². The molecular formula is C38H43F3N2O6. The van der Waals surface area contributed by atoms with Crippen molar-refractivity contribution in [3.63, 3.8) is 0 Å². The number of likely N-dealkylation sites (tertiary alicyclic amines) is 1. The van der Waals surface area contributed by atoms with Gasteiger partial charge in [0.05, 0.1) is 23.1 Å². The third-order valence-corrected chi connectivity index (χ3v) is 11.2. The van der Waals surface area contributed by atoms with Crippen molar-refractivity contribution in [1.29, 1.82) is 0 Å². The maximum atomic E-state index is 14.2. The van der Waals surface area contributed by atoms with E-state index in [9.17, 15) is 27.6 Å². The Hall–Kier alpha value is -3.86. The molecule has 262 valence electrons. The van der Waals surface area contributed by atoms with Crippen molar-refractivity contribution >= 4 is 23.9 Å². The Morgan fingerprint density at radius 2 is 1.78 bits per heavy atom. The molecule has 49 heavy (non-hydrogen) atoms. The second-order valence-electron chi connectivity index (χ2n) is 14.9. The van der Waals surface area contributed by atoms with Crippen molar-refractivity contribution in [3.05, 3.63) is 64.7 Å². The predicted octanol–water partition coefficient (Wildman–Crippen LogP) is 6.33. The monoisotopic (exact) mass is 680 g/mol. The molecule has 1 spiro atoms. The number of rotatable bonds is 9. The number of piperidine rings is 1. The second kappa shape index (κ2) is 12.2. The largest absolute Gasteiger partial charge is 0.483 e. The van der Waals surface area contributed by atoms with E-state index in [0.29, 0.717) is 55.2 Å². The van der Waals surface area contributed by atoms with Gasteiger partial charge in [0.15, 0.2) is 11.5 Å². The van der Waals surface area contributed by atoms with Gasteiger partial charge in [-0.15, -0.1) is 0 Å². The van der Waals surface area contributed by atoms with Crippen LogP contribution in [0.25, 0.3) is 6.08 Å². The summed E-state index contributed by atoms with van der Waals surface area (Å²) in [4.78, 5) is 43.8. The molecule has 11 heteroatoms. The first-order chi connectivity index (χ1) is 23.2. The van der Waals surface area contributed by atoms with Crippen LogP contribution in [0.3, 0.4) is 0 Å². The first kappa shape index (κ1) is 33.6. The number of esters is 2. The zero-order valence-electron chi connectivity index (χ0n) is 28.3. The van der Waals surface area contributed by atoms with Crippen molar-refractivity contribution in [2.45, 2.75) is 102 Å². The van der Waals surface area contributed by atoms with E-state index in [1.54, 1.807) is 6.07 Å². The molecule has 2 heterocycles. The van der Waals surface area contributed by atoms with E-state index in [-0.39, 0.29) is 23.8 Å². The lowest BCUT2D eigenvalue weighted by Gasteiger charge is -2.65. The van der Waals surface area contributed by atoms with Crippen LogP contribution in [0.2, 0.25) is 0 Å². The summed E-state index contributed by atoms with van der Waals surface area (Å²) in [6, 6.07) is 7.98. The molecule has 1 saturated heterocycles. The molecule has 0 unspecified atom stereocenters. The Labute approximate surface area is 284 Å². The van der Waals surface area contributed by atoms with Gasteiger partial charge in [0.2, 0.25) is 5.91 Å². The lowest BCUT2D eigenvalue weighted by atomic mass is 9.48. The van der Waals surface area contributed by atoms with Crippen molar-refractivity contribution < 1.29 is 41.8 Å². The number of halogens is 3. The van der Waals surface area contributed by atoms with Gasteiger partial charge >= 0.3 is 18.1 Å². The Morgan fingerprint density at radius 1 is 1.04 bits per heavy atom. The van der Waals surface area contributed by atoms with E-state index < -0.39 is 40.9 Å². The molecule has 0 radical (unpaired) electrons. The number of carbonyl (C=O) groups excluding carboxylic acids is 3. The van der Waals surface area contributed by atoms with Gasteiger partial charge in [0, 0.05) is 38.6 Å². The first-order valence-corrected chi connectivity index (χ1v) is 17.3. The SMILES string of the molecule is CC(=O)Oc1ccc2c3c1O[C@H]1[C@H](N(CC(C)C)C(=O)C=Cc4ccc(C(F)(F)F)cc4)CC[C@@]4(OC(C)=O)[C@@H](C2)N(CC2CC2)CC[C@]314. The molecular weight excluding hydrogens is 637 g/mol. The molecule has 3 fully saturated rings. The number of carbonyl (C=O) groups is 3. The van der Waals surface area contributed by atoms with Crippen molar-refractivity contribution in [3.8, 4) is 11.5 Å². The number of ether oxygens (including phenoxy) is 3. The topological polar surface area (TPSA) is 85.4 Å². The third-order valence-electron chi connectivity index (χ3n) is 11.2. The van der Waals surface area contributed by atoms with Gasteiger partial charge in [0.1, 0.15) is 11.7 Å². The van der Waals surface area contributed by atoms with Crippen molar-refractivity contribution in [2.24, 2.45) is 11.8 Å². The Balaban J connectivity index is 1.31. The molecule has 8 nitrogen and oxygen atoms in total. The highest BCUT2D eigenvalue weighted by atomic mass is 19.4. The van der Waals surface area contributed by atoms with Gasteiger partial charge in [-0.3, -0.25) is 19.3 Å². The highest BCUT2D eigenvalue weighted by Gasteiger charge is 2.76. The van der Waals surface area contributed by atoms with E-state index in [0.717, 1.165) is 36.3 Å². The maximum absolute atomic E-state index is 14.2. The molecule has 2 aliphatic heterocycles. The molecule has 2 saturated carbocycles. The average molecular weight is 681 g/mol. The number of hydrogen-bond donors (Lipinski definition) is 0. The summed E-state index contributed by atoms with van der Waals surface area (Å²) < 4.78 is 58.7. The van der Waals surface area contributed by atoms with Crippen LogP contribution in [-0.2, 0) is 37.1 Å². The molecule has 0 aromatic heterocycles. The molecule has 0 N–H and O–H groups in total. The predicted molar refractivity (Wildman–Crippen MR) is 175 cm³/mol. The molecule has 2 bridgehead atoms. The van der Waals surface area contributed by atoms with Crippen LogP contribution >= 0.6 is 0 Å². The molecule has 2 aromatic rings. The lowest BCUT2D eigenvalue weighted by Crippen LogP contribution is -2.79. The molecule has 1 amide bonds. The fraction of sp³-hybridized carbons (Fsp3) is 0.553. The minimum Gasteiger partial charge on any atom is -0.483 e. The standard InChI is InChI=1S/C38H43F3N2O6/c1-22(2)20-43(32(46)14-9-25-7-11-28(12-8-25)38(39,40)41)29-15-16-37(49-24(4)45)31-19-27-10-13-30(47-23(3)44)34-33(27)36(37,35(29)48-34)17-18-42(31)21-26-5-6-26/h7-14,22,26,29,31,35H,5-6,15-21H2,1-4H3/t29-,31-,35+,36+,37-/m1/s1. The summed E-state index contributed by atoms with van der Waals surface area (Å²) in [5, 5.41) is 0. The zero-order valence-corrected chi connectivity index (χ0v) is 28.3. The van der Waals surface area contributed by atoms with E-state index in [1.165, 1.54) is 51.0 Å². The maximum Gasteiger partial charge on any atom is 0.416 e.